The van der Waals surface area contributed by atoms with Gasteiger partial charge in [-0.2, -0.15) is 0 Å². The quantitative estimate of drug-likeness (QED) is 0.652. The molecule has 0 bridgehead atoms. The van der Waals surface area contributed by atoms with E-state index in [1.807, 2.05) is 0 Å². The topological polar surface area (TPSA) is 17.1 Å². The molecule has 0 aliphatic rings. The summed E-state index contributed by atoms with van der Waals surface area (Å²) in [6, 6.07) is 0. The van der Waals surface area contributed by atoms with Crippen LogP contribution in [0.15, 0.2) is 0 Å². The van der Waals surface area contributed by atoms with E-state index in [4.69, 9.17) is 0 Å². The Morgan fingerprint density at radius 3 is 2.00 bits per heavy atom. The van der Waals surface area contributed by atoms with Gasteiger partial charge in [0.15, 0.2) is 11.8 Å². The van der Waals surface area contributed by atoms with Crippen LogP contribution in [0.25, 0.3) is 0 Å². The summed E-state index contributed by atoms with van der Waals surface area (Å²) >= 11 is 0.717. The maximum atomic E-state index is 13.0. The molecule has 16 heavy (non-hydrogen) atoms. The largest absolute Gasteiger partial charge is 0.288 e. The smallest absolute Gasteiger partial charge is 0.276 e. The summed E-state index contributed by atoms with van der Waals surface area (Å²) < 4.78 is 62.3. The van der Waals surface area contributed by atoms with Crippen LogP contribution in [0.3, 0.4) is 0 Å². The first-order valence-electron chi connectivity index (χ1n) is 4.63. The van der Waals surface area contributed by atoms with Crippen LogP contribution in [-0.2, 0) is 4.79 Å². The standard InChI is InChI=1S/C9H13F5OS/c1-7(15)16-5-4-8(11,12)2-3-9(13,14)6-10/h2-6H2,1H3. The zero-order valence-electron chi connectivity index (χ0n) is 8.74. The molecule has 0 spiro atoms. The molecule has 0 atom stereocenters. The average molecular weight is 264 g/mol. The summed E-state index contributed by atoms with van der Waals surface area (Å²) in [4.78, 5) is 10.4. The lowest BCUT2D eigenvalue weighted by Gasteiger charge is -2.18. The molecule has 0 aromatic carbocycles. The van der Waals surface area contributed by atoms with Crippen molar-refractivity contribution in [2.24, 2.45) is 0 Å². The van der Waals surface area contributed by atoms with E-state index in [1.54, 1.807) is 0 Å². The number of carbonyl (C=O) groups is 1. The van der Waals surface area contributed by atoms with E-state index in [2.05, 4.69) is 0 Å². The third-order valence-corrected chi connectivity index (χ3v) is 2.64. The number of hydrogen-bond donors (Lipinski definition) is 0. The van der Waals surface area contributed by atoms with Crippen LogP contribution in [0.5, 0.6) is 0 Å². The van der Waals surface area contributed by atoms with Gasteiger partial charge in [0.25, 0.3) is 5.92 Å². The number of hydrogen-bond acceptors (Lipinski definition) is 2. The summed E-state index contributed by atoms with van der Waals surface area (Å²) in [6.07, 6.45) is -2.90. The molecule has 0 saturated carbocycles. The fourth-order valence-corrected chi connectivity index (χ4v) is 1.59. The highest BCUT2D eigenvalue weighted by atomic mass is 32.2. The van der Waals surface area contributed by atoms with Crippen molar-refractivity contribution in [3.63, 3.8) is 0 Å². The minimum Gasteiger partial charge on any atom is -0.288 e. The molecular formula is C9H13F5OS. The first-order chi connectivity index (χ1) is 7.18. The van der Waals surface area contributed by atoms with Crippen LogP contribution in [0.1, 0.15) is 26.2 Å². The Kier molecular flexibility index (Phi) is 6.28. The SMILES string of the molecule is CC(=O)SCCC(F)(F)CCC(F)(F)CF. The summed E-state index contributed by atoms with van der Waals surface area (Å²) in [5, 5.41) is -0.301. The Balaban J connectivity index is 3.91. The van der Waals surface area contributed by atoms with Gasteiger partial charge >= 0.3 is 0 Å². The summed E-state index contributed by atoms with van der Waals surface area (Å²) in [7, 11) is 0. The van der Waals surface area contributed by atoms with Crippen LogP contribution >= 0.6 is 11.8 Å². The van der Waals surface area contributed by atoms with Gasteiger partial charge < -0.3 is 0 Å². The maximum absolute atomic E-state index is 13.0. The molecule has 0 radical (unpaired) electrons. The fourth-order valence-electron chi connectivity index (χ4n) is 0.902. The van der Waals surface area contributed by atoms with Crippen molar-refractivity contribution in [3.05, 3.63) is 0 Å². The van der Waals surface area contributed by atoms with Crippen molar-refractivity contribution in [3.8, 4) is 0 Å². The molecule has 0 aliphatic heterocycles. The van der Waals surface area contributed by atoms with E-state index >= 15 is 0 Å². The minimum absolute atomic E-state index is 0.121. The van der Waals surface area contributed by atoms with E-state index < -0.39 is 37.8 Å². The van der Waals surface area contributed by atoms with E-state index in [9.17, 15) is 26.7 Å². The van der Waals surface area contributed by atoms with Crippen LogP contribution in [0, 0.1) is 0 Å². The van der Waals surface area contributed by atoms with Gasteiger partial charge in [0, 0.05) is 31.9 Å². The second-order valence-electron chi connectivity index (χ2n) is 3.44. The Labute approximate surface area is 94.8 Å². The van der Waals surface area contributed by atoms with Crippen LogP contribution in [-0.4, -0.2) is 29.4 Å². The molecule has 0 N–H and O–H groups in total. The molecule has 1 nitrogen and oxygen atoms in total. The fraction of sp³-hybridized carbons (Fsp3) is 0.889. The number of alkyl halides is 5. The summed E-state index contributed by atoms with van der Waals surface area (Å²) in [5.74, 6) is -7.08. The molecule has 7 heteroatoms. The average Bonchev–Trinajstić information content (AvgIpc) is 2.14. The third kappa shape index (κ3) is 7.90. The molecule has 0 amide bonds. The van der Waals surface area contributed by atoms with Crippen LogP contribution < -0.4 is 0 Å². The zero-order chi connectivity index (χ0) is 12.8. The Bertz CT molecular complexity index is 232. The molecule has 0 aromatic heterocycles. The van der Waals surface area contributed by atoms with E-state index in [0.717, 1.165) is 0 Å². The Hall–Kier alpha value is -0.330. The lowest BCUT2D eigenvalue weighted by molar-refractivity contribution is -0.109. The van der Waals surface area contributed by atoms with Crippen molar-refractivity contribution in [1.29, 1.82) is 0 Å². The normalized spacial score (nSPS) is 12.9. The van der Waals surface area contributed by atoms with E-state index in [-0.39, 0.29) is 10.9 Å². The molecule has 0 rings (SSSR count). The van der Waals surface area contributed by atoms with Crippen molar-refractivity contribution >= 4 is 16.9 Å². The highest BCUT2D eigenvalue weighted by Crippen LogP contribution is 2.31. The monoisotopic (exact) mass is 264 g/mol. The third-order valence-electron chi connectivity index (χ3n) is 1.83. The molecule has 0 aliphatic carbocycles. The van der Waals surface area contributed by atoms with Crippen molar-refractivity contribution in [2.45, 2.75) is 38.0 Å². The van der Waals surface area contributed by atoms with Gasteiger partial charge in [0.05, 0.1) is 0 Å². The van der Waals surface area contributed by atoms with Gasteiger partial charge in [0.1, 0.15) is 0 Å². The van der Waals surface area contributed by atoms with Gasteiger partial charge in [-0.05, 0) is 0 Å². The van der Waals surface area contributed by atoms with Crippen molar-refractivity contribution < 1.29 is 26.7 Å². The van der Waals surface area contributed by atoms with Gasteiger partial charge in [-0.1, -0.05) is 11.8 Å². The number of thioether (sulfide) groups is 1. The number of halogens is 5. The summed E-state index contributed by atoms with van der Waals surface area (Å²) in [6.45, 7) is -0.689. The van der Waals surface area contributed by atoms with Gasteiger partial charge in [-0.15, -0.1) is 0 Å². The molecule has 0 fully saturated rings. The van der Waals surface area contributed by atoms with Gasteiger partial charge in [-0.3, -0.25) is 4.79 Å². The molecule has 0 saturated heterocycles. The van der Waals surface area contributed by atoms with Crippen LogP contribution in [0.2, 0.25) is 0 Å². The van der Waals surface area contributed by atoms with E-state index in [0.29, 0.717) is 11.8 Å². The second kappa shape index (κ2) is 6.42. The van der Waals surface area contributed by atoms with Gasteiger partial charge in [0.2, 0.25) is 5.92 Å². The number of carbonyl (C=O) groups excluding carboxylic acids is 1. The first-order valence-corrected chi connectivity index (χ1v) is 5.62. The lowest BCUT2D eigenvalue weighted by atomic mass is 10.1. The molecule has 0 unspecified atom stereocenters. The van der Waals surface area contributed by atoms with Gasteiger partial charge in [-0.25, -0.2) is 22.0 Å². The first kappa shape index (κ1) is 15.7. The second-order valence-corrected chi connectivity index (χ2v) is 4.71. The van der Waals surface area contributed by atoms with Crippen molar-refractivity contribution in [2.75, 3.05) is 12.4 Å². The van der Waals surface area contributed by atoms with Crippen LogP contribution in [0.4, 0.5) is 22.0 Å². The predicted molar refractivity (Wildman–Crippen MR) is 52.9 cm³/mol. The minimum atomic E-state index is -3.68. The molecule has 96 valence electrons. The number of rotatable bonds is 7. The zero-order valence-corrected chi connectivity index (χ0v) is 9.56. The Morgan fingerprint density at radius 1 is 1.06 bits per heavy atom. The Morgan fingerprint density at radius 2 is 1.56 bits per heavy atom. The highest BCUT2D eigenvalue weighted by Gasteiger charge is 2.36. The predicted octanol–water partition coefficient (Wildman–Crippen LogP) is 3.68. The molecule has 0 aromatic rings. The highest BCUT2D eigenvalue weighted by molar-refractivity contribution is 8.13. The van der Waals surface area contributed by atoms with Crippen molar-refractivity contribution in [1.82, 2.24) is 0 Å². The lowest BCUT2D eigenvalue weighted by Crippen LogP contribution is -2.25. The molecule has 0 heterocycles. The van der Waals surface area contributed by atoms with E-state index in [1.165, 1.54) is 6.92 Å². The molecular weight excluding hydrogens is 251 g/mol. The maximum Gasteiger partial charge on any atom is 0.276 e. The summed E-state index contributed by atoms with van der Waals surface area (Å²) in [5.41, 5.74) is 0.